The minimum Gasteiger partial charge on any atom is -0.480 e. The zero-order chi connectivity index (χ0) is 8.43. The molecule has 0 spiro atoms. The molecule has 0 aliphatic carbocycles. The van der Waals surface area contributed by atoms with Crippen molar-refractivity contribution in [2.24, 2.45) is 5.73 Å². The van der Waals surface area contributed by atoms with Crippen LogP contribution in [0.1, 0.15) is 0 Å². The van der Waals surface area contributed by atoms with Crippen molar-refractivity contribution in [3.05, 3.63) is 11.2 Å². The van der Waals surface area contributed by atoms with Gasteiger partial charge >= 0.3 is 5.97 Å². The van der Waals surface area contributed by atoms with Gasteiger partial charge in [-0.05, 0) is 6.08 Å². The van der Waals surface area contributed by atoms with Gasteiger partial charge in [-0.3, -0.25) is 15.1 Å². The Morgan fingerprint density at radius 1 is 2.00 bits per heavy atom. The van der Waals surface area contributed by atoms with E-state index < -0.39 is 18.1 Å². The summed E-state index contributed by atoms with van der Waals surface area (Å²) in [7, 11) is 0. The summed E-state index contributed by atoms with van der Waals surface area (Å²) in [6.45, 7) is 0. The van der Waals surface area contributed by atoms with Gasteiger partial charge in [0.2, 0.25) is 0 Å². The van der Waals surface area contributed by atoms with Crippen LogP contribution < -0.4 is 11.2 Å². The number of hydrogen-bond donors (Lipinski definition) is 3. The molecule has 0 aromatic carbocycles. The van der Waals surface area contributed by atoms with Gasteiger partial charge in [0.25, 0.3) is 0 Å². The van der Waals surface area contributed by atoms with Gasteiger partial charge in [-0.1, -0.05) is 11.6 Å². The molecule has 2 atom stereocenters. The first-order chi connectivity index (χ1) is 5.11. The second kappa shape index (κ2) is 3.08. The van der Waals surface area contributed by atoms with Crippen molar-refractivity contribution in [1.82, 2.24) is 5.48 Å². The highest BCUT2D eigenvalue weighted by Crippen LogP contribution is 2.11. The zero-order valence-corrected chi connectivity index (χ0v) is 6.21. The van der Waals surface area contributed by atoms with Gasteiger partial charge in [0.1, 0.15) is 17.3 Å². The number of nitrogens with one attached hydrogen (secondary N) is 1. The second-order valence-corrected chi connectivity index (χ2v) is 2.47. The highest BCUT2D eigenvalue weighted by molar-refractivity contribution is 6.29. The van der Waals surface area contributed by atoms with E-state index in [9.17, 15) is 4.79 Å². The molecule has 0 saturated carbocycles. The number of hydroxylamine groups is 1. The molecule has 1 aliphatic rings. The monoisotopic (exact) mass is 178 g/mol. The van der Waals surface area contributed by atoms with E-state index >= 15 is 0 Å². The Kier molecular flexibility index (Phi) is 2.33. The highest BCUT2D eigenvalue weighted by Gasteiger charge is 2.27. The Hall–Kier alpha value is -0.780. The maximum atomic E-state index is 10.3. The number of carbonyl (C=O) groups is 1. The molecule has 11 heavy (non-hydrogen) atoms. The molecule has 0 fully saturated rings. The molecular weight excluding hydrogens is 172 g/mol. The van der Waals surface area contributed by atoms with Crippen LogP contribution in [0, 0.1) is 0 Å². The average molecular weight is 179 g/mol. The van der Waals surface area contributed by atoms with Gasteiger partial charge < -0.3 is 10.8 Å². The summed E-state index contributed by atoms with van der Waals surface area (Å²) in [6.07, 6.45) is 0.709. The highest BCUT2D eigenvalue weighted by atomic mass is 35.5. The standard InChI is InChI=1S/C5H7ClN2O3/c6-3-1-2(11-8-3)4(7)5(9)10/h1-2,4,8H,7H2,(H,9,10). The van der Waals surface area contributed by atoms with Crippen LogP contribution in [0.25, 0.3) is 0 Å². The average Bonchev–Trinajstić information content (AvgIpc) is 2.34. The number of carboxylic acid groups (broad SMARTS) is 1. The maximum absolute atomic E-state index is 10.3. The van der Waals surface area contributed by atoms with Crippen molar-refractivity contribution in [2.45, 2.75) is 12.1 Å². The van der Waals surface area contributed by atoms with Crippen LogP contribution in [0.2, 0.25) is 0 Å². The topological polar surface area (TPSA) is 84.6 Å². The molecule has 0 radical (unpaired) electrons. The molecule has 0 aromatic heterocycles. The Labute approximate surface area is 67.7 Å². The lowest BCUT2D eigenvalue weighted by Crippen LogP contribution is -2.41. The smallest absolute Gasteiger partial charge is 0.323 e. The third kappa shape index (κ3) is 1.83. The third-order valence-electron chi connectivity index (χ3n) is 1.24. The molecule has 1 rings (SSSR count). The van der Waals surface area contributed by atoms with Crippen molar-refractivity contribution < 1.29 is 14.7 Å². The minimum absolute atomic E-state index is 0.256. The molecule has 1 heterocycles. The van der Waals surface area contributed by atoms with E-state index in [1.807, 2.05) is 0 Å². The fraction of sp³-hybridized carbons (Fsp3) is 0.400. The Morgan fingerprint density at radius 3 is 3.00 bits per heavy atom. The minimum atomic E-state index is -1.13. The quantitative estimate of drug-likeness (QED) is 0.491. The van der Waals surface area contributed by atoms with E-state index in [1.54, 1.807) is 0 Å². The normalized spacial score (nSPS) is 25.6. The Balaban J connectivity index is 2.56. The predicted octanol–water partition coefficient (Wildman–Crippen LogP) is -0.618. The molecule has 4 N–H and O–H groups in total. The van der Waals surface area contributed by atoms with Crippen LogP contribution in [0.4, 0.5) is 0 Å². The van der Waals surface area contributed by atoms with Crippen LogP contribution >= 0.6 is 11.6 Å². The largest absolute Gasteiger partial charge is 0.480 e. The van der Waals surface area contributed by atoms with E-state index in [-0.39, 0.29) is 5.16 Å². The predicted molar refractivity (Wildman–Crippen MR) is 37.6 cm³/mol. The number of carboxylic acids is 1. The molecule has 0 amide bonds. The Morgan fingerprint density at radius 2 is 2.64 bits per heavy atom. The molecule has 1 aliphatic heterocycles. The molecule has 5 nitrogen and oxygen atoms in total. The summed E-state index contributed by atoms with van der Waals surface area (Å²) < 4.78 is 0. The lowest BCUT2D eigenvalue weighted by atomic mass is 10.2. The molecule has 0 saturated heterocycles. The van der Waals surface area contributed by atoms with Gasteiger partial charge in [-0.2, -0.15) is 0 Å². The van der Waals surface area contributed by atoms with Gasteiger partial charge in [0.15, 0.2) is 0 Å². The first-order valence-electron chi connectivity index (χ1n) is 2.88. The van der Waals surface area contributed by atoms with E-state index in [4.69, 9.17) is 27.3 Å². The maximum Gasteiger partial charge on any atom is 0.323 e. The van der Waals surface area contributed by atoms with Gasteiger partial charge in [-0.25, -0.2) is 0 Å². The van der Waals surface area contributed by atoms with Crippen molar-refractivity contribution in [2.75, 3.05) is 0 Å². The van der Waals surface area contributed by atoms with Gasteiger partial charge in [0, 0.05) is 0 Å². The SMILES string of the molecule is NC(C(=O)O)C1C=C(Cl)NO1. The summed E-state index contributed by atoms with van der Waals surface area (Å²) in [5.74, 6) is -1.13. The van der Waals surface area contributed by atoms with Crippen LogP contribution in [0.5, 0.6) is 0 Å². The summed E-state index contributed by atoms with van der Waals surface area (Å²) >= 11 is 5.43. The first-order valence-corrected chi connectivity index (χ1v) is 3.26. The Bertz CT molecular complexity index is 206. The number of nitrogens with two attached hydrogens (primary N) is 1. The number of aliphatic carboxylic acids is 1. The molecular formula is C5H7ClN2O3. The summed E-state index contributed by atoms with van der Waals surface area (Å²) in [6, 6.07) is -1.08. The molecule has 0 aromatic rings. The number of hydrogen-bond acceptors (Lipinski definition) is 4. The summed E-state index contributed by atoms with van der Waals surface area (Å²) in [5, 5.41) is 8.68. The second-order valence-electron chi connectivity index (χ2n) is 2.06. The summed E-state index contributed by atoms with van der Waals surface area (Å²) in [4.78, 5) is 15.0. The molecule has 62 valence electrons. The van der Waals surface area contributed by atoms with Crippen molar-refractivity contribution in [1.29, 1.82) is 0 Å². The van der Waals surface area contributed by atoms with Crippen molar-refractivity contribution in [3.8, 4) is 0 Å². The van der Waals surface area contributed by atoms with Crippen LogP contribution in [-0.2, 0) is 9.63 Å². The molecule has 6 heteroatoms. The van der Waals surface area contributed by atoms with Gasteiger partial charge in [-0.15, -0.1) is 0 Å². The van der Waals surface area contributed by atoms with Crippen LogP contribution in [0.15, 0.2) is 11.2 Å². The van der Waals surface area contributed by atoms with Crippen LogP contribution in [0.3, 0.4) is 0 Å². The molecule has 2 unspecified atom stereocenters. The first kappa shape index (κ1) is 8.32. The van der Waals surface area contributed by atoms with E-state index in [2.05, 4.69) is 5.48 Å². The summed E-state index contributed by atoms with van der Waals surface area (Å²) in [5.41, 5.74) is 7.50. The lowest BCUT2D eigenvalue weighted by molar-refractivity contribution is -0.141. The number of halogens is 1. The van der Waals surface area contributed by atoms with E-state index in [0.29, 0.717) is 0 Å². The van der Waals surface area contributed by atoms with Gasteiger partial charge in [0.05, 0.1) is 0 Å². The zero-order valence-electron chi connectivity index (χ0n) is 5.45. The lowest BCUT2D eigenvalue weighted by Gasteiger charge is -2.10. The third-order valence-corrected chi connectivity index (χ3v) is 1.45. The van der Waals surface area contributed by atoms with Crippen molar-refractivity contribution >= 4 is 17.6 Å². The van der Waals surface area contributed by atoms with E-state index in [1.165, 1.54) is 6.08 Å². The number of rotatable bonds is 2. The van der Waals surface area contributed by atoms with Crippen LogP contribution in [-0.4, -0.2) is 23.2 Å². The van der Waals surface area contributed by atoms with Crippen molar-refractivity contribution in [3.63, 3.8) is 0 Å². The molecule has 0 bridgehead atoms. The van der Waals surface area contributed by atoms with E-state index in [0.717, 1.165) is 0 Å². The fourth-order valence-corrected chi connectivity index (χ4v) is 0.823. The fourth-order valence-electron chi connectivity index (χ4n) is 0.654.